The number of anilines is 2. The SMILES string of the molecule is O=C(NC(=S)Nc1cc(C(F)(F)F)ccc1N1CCCCC1)c1cccc2ccccc12. The molecular weight excluding hydrogens is 435 g/mol. The van der Waals surface area contributed by atoms with Gasteiger partial charge in [0.15, 0.2) is 5.11 Å². The van der Waals surface area contributed by atoms with Crippen molar-refractivity contribution in [2.75, 3.05) is 23.3 Å². The number of hydrogen-bond donors (Lipinski definition) is 2. The van der Waals surface area contributed by atoms with Crippen molar-refractivity contribution < 1.29 is 18.0 Å². The first kappa shape index (κ1) is 22.1. The van der Waals surface area contributed by atoms with Gasteiger partial charge in [0.1, 0.15) is 0 Å². The van der Waals surface area contributed by atoms with Crippen LogP contribution in [0.5, 0.6) is 0 Å². The van der Waals surface area contributed by atoms with Crippen LogP contribution in [0.3, 0.4) is 0 Å². The van der Waals surface area contributed by atoms with Gasteiger partial charge >= 0.3 is 6.18 Å². The summed E-state index contributed by atoms with van der Waals surface area (Å²) in [6, 6.07) is 16.4. The second kappa shape index (κ2) is 9.16. The van der Waals surface area contributed by atoms with Crippen LogP contribution < -0.4 is 15.5 Å². The predicted molar refractivity (Wildman–Crippen MR) is 125 cm³/mol. The molecule has 1 heterocycles. The van der Waals surface area contributed by atoms with Crippen LogP contribution in [-0.2, 0) is 6.18 Å². The number of alkyl halides is 3. The van der Waals surface area contributed by atoms with Crippen molar-refractivity contribution in [3.8, 4) is 0 Å². The van der Waals surface area contributed by atoms with Gasteiger partial charge in [0, 0.05) is 18.7 Å². The molecule has 0 radical (unpaired) electrons. The van der Waals surface area contributed by atoms with E-state index in [1.54, 1.807) is 12.1 Å². The summed E-state index contributed by atoms with van der Waals surface area (Å²) in [6.45, 7) is 1.52. The van der Waals surface area contributed by atoms with E-state index in [0.29, 0.717) is 11.3 Å². The standard InChI is InChI=1S/C24H22F3N3OS/c25-24(26,27)17-11-12-21(30-13-4-1-5-14-30)20(15-17)28-23(32)29-22(31)19-10-6-8-16-7-2-3-9-18(16)19/h2-3,6-12,15H,1,4-5,13-14H2,(H2,28,29,31,32). The summed E-state index contributed by atoms with van der Waals surface area (Å²) >= 11 is 5.29. The van der Waals surface area contributed by atoms with E-state index in [2.05, 4.69) is 10.6 Å². The Labute approximate surface area is 189 Å². The number of halogens is 3. The lowest BCUT2D eigenvalue weighted by Gasteiger charge is -2.31. The molecule has 4 nitrogen and oxygen atoms in total. The van der Waals surface area contributed by atoms with E-state index < -0.39 is 17.6 Å². The molecule has 1 saturated heterocycles. The highest BCUT2D eigenvalue weighted by molar-refractivity contribution is 7.80. The van der Waals surface area contributed by atoms with Crippen LogP contribution in [-0.4, -0.2) is 24.1 Å². The number of rotatable bonds is 3. The molecular formula is C24H22F3N3OS. The van der Waals surface area contributed by atoms with E-state index in [1.165, 1.54) is 6.07 Å². The molecule has 166 valence electrons. The van der Waals surface area contributed by atoms with Gasteiger partial charge in [0.25, 0.3) is 5.91 Å². The second-order valence-electron chi connectivity index (χ2n) is 7.71. The summed E-state index contributed by atoms with van der Waals surface area (Å²) in [7, 11) is 0. The van der Waals surface area contributed by atoms with Crippen LogP contribution in [0.1, 0.15) is 35.2 Å². The number of carbonyl (C=O) groups excluding carboxylic acids is 1. The van der Waals surface area contributed by atoms with Crippen molar-refractivity contribution in [1.82, 2.24) is 5.32 Å². The summed E-state index contributed by atoms with van der Waals surface area (Å²) in [6.07, 6.45) is -1.43. The fourth-order valence-electron chi connectivity index (χ4n) is 3.97. The minimum atomic E-state index is -4.48. The van der Waals surface area contributed by atoms with E-state index in [1.807, 2.05) is 35.2 Å². The fourth-order valence-corrected chi connectivity index (χ4v) is 4.17. The third kappa shape index (κ3) is 4.85. The zero-order valence-electron chi connectivity index (χ0n) is 17.2. The molecule has 1 fully saturated rings. The Kier molecular flexibility index (Phi) is 6.32. The van der Waals surface area contributed by atoms with Gasteiger partial charge in [-0.25, -0.2) is 0 Å². The molecule has 1 aliphatic rings. The fraction of sp³-hybridized carbons (Fsp3) is 0.250. The molecule has 3 aromatic carbocycles. The molecule has 0 bridgehead atoms. The molecule has 0 aromatic heterocycles. The van der Waals surface area contributed by atoms with E-state index in [4.69, 9.17) is 12.2 Å². The number of hydrogen-bond acceptors (Lipinski definition) is 3. The highest BCUT2D eigenvalue weighted by Crippen LogP contribution is 2.36. The Bertz CT molecular complexity index is 1150. The van der Waals surface area contributed by atoms with Gasteiger partial charge in [-0.3, -0.25) is 10.1 Å². The minimum absolute atomic E-state index is 0.0551. The highest BCUT2D eigenvalue weighted by Gasteiger charge is 2.31. The number of benzene rings is 3. The number of amides is 1. The van der Waals surface area contributed by atoms with Crippen molar-refractivity contribution in [3.05, 3.63) is 71.8 Å². The third-order valence-corrected chi connectivity index (χ3v) is 5.73. The summed E-state index contributed by atoms with van der Waals surface area (Å²) in [5.74, 6) is -0.425. The first-order valence-corrected chi connectivity index (χ1v) is 10.8. The van der Waals surface area contributed by atoms with Gasteiger partial charge in [-0.1, -0.05) is 36.4 Å². The Balaban J connectivity index is 1.58. The molecule has 0 unspecified atom stereocenters. The molecule has 1 aliphatic heterocycles. The van der Waals surface area contributed by atoms with Crippen LogP contribution in [0.4, 0.5) is 24.5 Å². The van der Waals surface area contributed by atoms with Gasteiger partial charge in [-0.05, 0) is 66.5 Å². The van der Waals surface area contributed by atoms with Crippen LogP contribution in [0.25, 0.3) is 10.8 Å². The summed E-state index contributed by atoms with van der Waals surface area (Å²) in [4.78, 5) is 14.9. The van der Waals surface area contributed by atoms with E-state index >= 15 is 0 Å². The maximum absolute atomic E-state index is 13.3. The molecule has 0 atom stereocenters. The number of thiocarbonyl (C=S) groups is 1. The van der Waals surface area contributed by atoms with Crippen LogP contribution in [0, 0.1) is 0 Å². The van der Waals surface area contributed by atoms with Gasteiger partial charge in [0.05, 0.1) is 16.9 Å². The predicted octanol–water partition coefficient (Wildman–Crippen LogP) is 5.98. The van der Waals surface area contributed by atoms with Crippen molar-refractivity contribution in [1.29, 1.82) is 0 Å². The lowest BCUT2D eigenvalue weighted by atomic mass is 10.0. The first-order chi connectivity index (χ1) is 15.3. The summed E-state index contributed by atoms with van der Waals surface area (Å²) in [5, 5.41) is 7.05. The number of fused-ring (bicyclic) bond motifs is 1. The number of piperidine rings is 1. The van der Waals surface area contributed by atoms with E-state index in [9.17, 15) is 18.0 Å². The van der Waals surface area contributed by atoms with Crippen LogP contribution in [0.2, 0.25) is 0 Å². The Morgan fingerprint density at radius 3 is 2.41 bits per heavy atom. The molecule has 0 aliphatic carbocycles. The van der Waals surface area contributed by atoms with E-state index in [0.717, 1.165) is 55.3 Å². The maximum atomic E-state index is 13.3. The van der Waals surface area contributed by atoms with Gasteiger partial charge in [-0.15, -0.1) is 0 Å². The molecule has 2 N–H and O–H groups in total. The summed E-state index contributed by atoms with van der Waals surface area (Å²) in [5.41, 5.74) is 0.529. The average molecular weight is 458 g/mol. The molecule has 32 heavy (non-hydrogen) atoms. The quantitative estimate of drug-likeness (QED) is 0.475. The topological polar surface area (TPSA) is 44.4 Å². The molecule has 0 spiro atoms. The first-order valence-electron chi connectivity index (χ1n) is 10.4. The van der Waals surface area contributed by atoms with Crippen molar-refractivity contribution in [2.24, 2.45) is 0 Å². The van der Waals surface area contributed by atoms with Crippen molar-refractivity contribution >= 4 is 45.4 Å². The molecule has 0 saturated carbocycles. The third-order valence-electron chi connectivity index (χ3n) is 5.53. The second-order valence-corrected chi connectivity index (χ2v) is 8.12. The molecule has 3 aromatic rings. The molecule has 8 heteroatoms. The smallest absolute Gasteiger partial charge is 0.370 e. The largest absolute Gasteiger partial charge is 0.416 e. The Hall–Kier alpha value is -3.13. The van der Waals surface area contributed by atoms with Crippen LogP contribution in [0.15, 0.2) is 60.7 Å². The molecule has 1 amide bonds. The normalized spacial score (nSPS) is 14.3. The number of carbonyl (C=O) groups is 1. The van der Waals surface area contributed by atoms with Crippen LogP contribution >= 0.6 is 12.2 Å². The molecule has 4 rings (SSSR count). The highest BCUT2D eigenvalue weighted by atomic mass is 32.1. The van der Waals surface area contributed by atoms with Crippen molar-refractivity contribution in [3.63, 3.8) is 0 Å². The van der Waals surface area contributed by atoms with Gasteiger partial charge in [0.2, 0.25) is 0 Å². The summed E-state index contributed by atoms with van der Waals surface area (Å²) < 4.78 is 39.9. The lowest BCUT2D eigenvalue weighted by molar-refractivity contribution is -0.137. The zero-order valence-corrected chi connectivity index (χ0v) is 18.0. The Morgan fingerprint density at radius 1 is 0.938 bits per heavy atom. The van der Waals surface area contributed by atoms with E-state index in [-0.39, 0.29) is 10.8 Å². The van der Waals surface area contributed by atoms with Gasteiger partial charge in [-0.2, -0.15) is 13.2 Å². The number of nitrogens with one attached hydrogen (secondary N) is 2. The number of nitrogens with zero attached hydrogens (tertiary/aromatic N) is 1. The average Bonchev–Trinajstić information content (AvgIpc) is 2.78. The lowest BCUT2D eigenvalue weighted by Crippen LogP contribution is -2.35. The Morgan fingerprint density at radius 2 is 1.66 bits per heavy atom. The van der Waals surface area contributed by atoms with Crippen molar-refractivity contribution in [2.45, 2.75) is 25.4 Å². The van der Waals surface area contributed by atoms with Gasteiger partial charge < -0.3 is 10.2 Å². The maximum Gasteiger partial charge on any atom is 0.416 e. The minimum Gasteiger partial charge on any atom is -0.370 e. The zero-order chi connectivity index (χ0) is 22.7. The monoisotopic (exact) mass is 457 g/mol.